The predicted molar refractivity (Wildman–Crippen MR) is 92.3 cm³/mol. The Labute approximate surface area is 153 Å². The molecule has 3 heterocycles. The Hall–Kier alpha value is -2.52. The number of alkyl halides is 3. The standard InChI is InChI=1S/C18H18F3N5O/c19-18(20,21)17-23-8-12(9-24-17)16(27)25-13-1-2-14-11(7-13)3-5-26-6-4-22-10-15(14)26/h1-2,7-9,15,22H,3-6,10H2,(H,25,27). The molecule has 142 valence electrons. The van der Waals surface area contributed by atoms with Gasteiger partial charge in [-0.15, -0.1) is 0 Å². The summed E-state index contributed by atoms with van der Waals surface area (Å²) in [5, 5.41) is 6.11. The zero-order valence-corrected chi connectivity index (χ0v) is 14.4. The number of benzene rings is 1. The Morgan fingerprint density at radius 2 is 2.00 bits per heavy atom. The van der Waals surface area contributed by atoms with E-state index in [-0.39, 0.29) is 5.56 Å². The van der Waals surface area contributed by atoms with Crippen LogP contribution in [0.15, 0.2) is 30.6 Å². The van der Waals surface area contributed by atoms with Crippen LogP contribution in [0.2, 0.25) is 0 Å². The summed E-state index contributed by atoms with van der Waals surface area (Å²) >= 11 is 0. The summed E-state index contributed by atoms with van der Waals surface area (Å²) in [7, 11) is 0. The monoisotopic (exact) mass is 377 g/mol. The number of fused-ring (bicyclic) bond motifs is 3. The number of nitrogens with one attached hydrogen (secondary N) is 2. The number of hydrogen-bond acceptors (Lipinski definition) is 5. The summed E-state index contributed by atoms with van der Waals surface area (Å²) in [6, 6.07) is 6.11. The number of halogens is 3. The number of hydrogen-bond donors (Lipinski definition) is 2. The molecule has 1 aromatic carbocycles. The van der Waals surface area contributed by atoms with Gasteiger partial charge in [-0.1, -0.05) is 6.07 Å². The lowest BCUT2D eigenvalue weighted by Gasteiger charge is -2.41. The van der Waals surface area contributed by atoms with E-state index in [2.05, 4.69) is 25.5 Å². The summed E-state index contributed by atoms with van der Waals surface area (Å²) < 4.78 is 37.5. The van der Waals surface area contributed by atoms with Crippen molar-refractivity contribution in [2.75, 3.05) is 31.5 Å². The smallest absolute Gasteiger partial charge is 0.322 e. The molecule has 0 saturated carbocycles. The van der Waals surface area contributed by atoms with Gasteiger partial charge in [0.1, 0.15) is 0 Å². The van der Waals surface area contributed by atoms with Gasteiger partial charge in [-0.3, -0.25) is 9.69 Å². The number of anilines is 1. The minimum atomic E-state index is -4.63. The quantitative estimate of drug-likeness (QED) is 0.840. The van der Waals surface area contributed by atoms with E-state index >= 15 is 0 Å². The number of piperazine rings is 1. The molecule has 0 radical (unpaired) electrons. The number of carbonyl (C=O) groups excluding carboxylic acids is 1. The van der Waals surface area contributed by atoms with Crippen molar-refractivity contribution in [3.63, 3.8) is 0 Å². The van der Waals surface area contributed by atoms with Crippen molar-refractivity contribution in [3.05, 3.63) is 53.1 Å². The first-order valence-electron chi connectivity index (χ1n) is 8.70. The van der Waals surface area contributed by atoms with Crippen LogP contribution in [0, 0.1) is 0 Å². The molecule has 2 aromatic rings. The van der Waals surface area contributed by atoms with Gasteiger partial charge in [0.15, 0.2) is 0 Å². The Morgan fingerprint density at radius 3 is 2.74 bits per heavy atom. The van der Waals surface area contributed by atoms with Crippen LogP contribution in [0.3, 0.4) is 0 Å². The molecule has 1 saturated heterocycles. The van der Waals surface area contributed by atoms with Crippen LogP contribution in [0.1, 0.15) is 33.4 Å². The highest BCUT2D eigenvalue weighted by atomic mass is 19.4. The molecule has 1 unspecified atom stereocenters. The highest BCUT2D eigenvalue weighted by Crippen LogP contribution is 2.32. The third kappa shape index (κ3) is 3.65. The molecule has 2 aliphatic heterocycles. The van der Waals surface area contributed by atoms with Gasteiger partial charge in [0.25, 0.3) is 5.91 Å². The van der Waals surface area contributed by atoms with Gasteiger partial charge < -0.3 is 10.6 Å². The van der Waals surface area contributed by atoms with Crippen molar-refractivity contribution in [2.45, 2.75) is 18.6 Å². The van der Waals surface area contributed by atoms with Crippen molar-refractivity contribution in [3.8, 4) is 0 Å². The summed E-state index contributed by atoms with van der Waals surface area (Å²) in [5.74, 6) is -1.81. The van der Waals surface area contributed by atoms with E-state index in [0.717, 1.165) is 45.0 Å². The average Bonchev–Trinajstić information content (AvgIpc) is 2.67. The maximum atomic E-state index is 12.5. The lowest BCUT2D eigenvalue weighted by molar-refractivity contribution is -0.145. The van der Waals surface area contributed by atoms with Crippen molar-refractivity contribution in [1.82, 2.24) is 20.2 Å². The van der Waals surface area contributed by atoms with Crippen LogP contribution in [-0.4, -0.2) is 47.0 Å². The lowest BCUT2D eigenvalue weighted by Crippen LogP contribution is -2.48. The van der Waals surface area contributed by atoms with Crippen molar-refractivity contribution >= 4 is 11.6 Å². The van der Waals surface area contributed by atoms with Crippen LogP contribution in [-0.2, 0) is 12.6 Å². The van der Waals surface area contributed by atoms with Crippen molar-refractivity contribution < 1.29 is 18.0 Å². The minimum Gasteiger partial charge on any atom is -0.322 e. The number of carbonyl (C=O) groups is 1. The van der Waals surface area contributed by atoms with Gasteiger partial charge in [0.2, 0.25) is 5.82 Å². The third-order valence-electron chi connectivity index (χ3n) is 4.95. The fourth-order valence-corrected chi connectivity index (χ4v) is 3.60. The molecule has 0 bridgehead atoms. The summed E-state index contributed by atoms with van der Waals surface area (Å²) in [6.45, 7) is 3.90. The van der Waals surface area contributed by atoms with Gasteiger partial charge in [0, 0.05) is 50.3 Å². The summed E-state index contributed by atoms with van der Waals surface area (Å²) in [5.41, 5.74) is 3.02. The Bertz CT molecular complexity index is 853. The van der Waals surface area contributed by atoms with E-state index < -0.39 is 17.9 Å². The first-order chi connectivity index (χ1) is 12.9. The Balaban J connectivity index is 1.49. The van der Waals surface area contributed by atoms with Crippen LogP contribution < -0.4 is 10.6 Å². The van der Waals surface area contributed by atoms with E-state index in [0.29, 0.717) is 11.7 Å². The second-order valence-electron chi connectivity index (χ2n) is 6.67. The fraction of sp³-hybridized carbons (Fsp3) is 0.389. The molecule has 1 aromatic heterocycles. The molecular formula is C18H18F3N5O. The average molecular weight is 377 g/mol. The fourth-order valence-electron chi connectivity index (χ4n) is 3.60. The minimum absolute atomic E-state index is 0.0247. The van der Waals surface area contributed by atoms with E-state index in [1.165, 1.54) is 11.1 Å². The SMILES string of the molecule is O=C(Nc1ccc2c(c1)CCN1CCNCC21)c1cnc(C(F)(F)F)nc1. The van der Waals surface area contributed by atoms with Gasteiger partial charge in [-0.25, -0.2) is 9.97 Å². The van der Waals surface area contributed by atoms with Crippen molar-refractivity contribution in [2.24, 2.45) is 0 Å². The third-order valence-corrected chi connectivity index (χ3v) is 4.95. The lowest BCUT2D eigenvalue weighted by atomic mass is 9.91. The van der Waals surface area contributed by atoms with Gasteiger partial charge >= 0.3 is 6.18 Å². The highest BCUT2D eigenvalue weighted by Gasteiger charge is 2.34. The highest BCUT2D eigenvalue weighted by molar-refractivity contribution is 6.03. The first kappa shape index (κ1) is 17.9. The maximum Gasteiger partial charge on any atom is 0.451 e. The molecule has 6 nitrogen and oxygen atoms in total. The molecule has 1 amide bonds. The van der Waals surface area contributed by atoms with E-state index in [9.17, 15) is 18.0 Å². The topological polar surface area (TPSA) is 70.2 Å². The molecule has 4 rings (SSSR count). The van der Waals surface area contributed by atoms with Crippen LogP contribution in [0.25, 0.3) is 0 Å². The molecular weight excluding hydrogens is 359 g/mol. The number of amides is 1. The predicted octanol–water partition coefficient (Wildman–Crippen LogP) is 2.25. The van der Waals surface area contributed by atoms with Crippen LogP contribution in [0.5, 0.6) is 0 Å². The maximum absolute atomic E-state index is 12.5. The van der Waals surface area contributed by atoms with Crippen molar-refractivity contribution in [1.29, 1.82) is 0 Å². The largest absolute Gasteiger partial charge is 0.451 e. The van der Waals surface area contributed by atoms with Crippen LogP contribution in [0.4, 0.5) is 18.9 Å². The molecule has 2 aliphatic rings. The van der Waals surface area contributed by atoms with E-state index in [1.54, 1.807) is 0 Å². The second kappa shape index (κ2) is 6.90. The van der Waals surface area contributed by atoms with Crippen LogP contribution >= 0.6 is 0 Å². The van der Waals surface area contributed by atoms with E-state index in [1.807, 2.05) is 18.2 Å². The van der Waals surface area contributed by atoms with Gasteiger partial charge in [0.05, 0.1) is 5.56 Å². The molecule has 9 heteroatoms. The number of aromatic nitrogens is 2. The summed E-state index contributed by atoms with van der Waals surface area (Å²) in [6.07, 6.45) is -1.96. The van der Waals surface area contributed by atoms with Gasteiger partial charge in [-0.2, -0.15) is 13.2 Å². The molecule has 1 fully saturated rings. The molecule has 0 spiro atoms. The molecule has 2 N–H and O–H groups in total. The van der Waals surface area contributed by atoms with Gasteiger partial charge in [-0.05, 0) is 29.7 Å². The second-order valence-corrected chi connectivity index (χ2v) is 6.67. The Morgan fingerprint density at radius 1 is 1.22 bits per heavy atom. The van der Waals surface area contributed by atoms with E-state index in [4.69, 9.17) is 0 Å². The molecule has 0 aliphatic carbocycles. The molecule has 1 atom stereocenters. The zero-order chi connectivity index (χ0) is 19.0. The summed E-state index contributed by atoms with van der Waals surface area (Å²) in [4.78, 5) is 21.2. The number of rotatable bonds is 2. The molecule has 27 heavy (non-hydrogen) atoms. The Kier molecular flexibility index (Phi) is 4.56. The zero-order valence-electron chi connectivity index (χ0n) is 14.4. The first-order valence-corrected chi connectivity index (χ1v) is 8.70. The number of nitrogens with zero attached hydrogens (tertiary/aromatic N) is 3. The normalized spacial score (nSPS) is 19.9.